The Morgan fingerprint density at radius 1 is 1.30 bits per heavy atom. The molecule has 1 fully saturated rings. The molecule has 1 aromatic carbocycles. The maximum Gasteiger partial charge on any atom is 0.260 e. The number of benzene rings is 1. The third kappa shape index (κ3) is 5.45. The standard InChI is InChI=1S/C19H29NO2S/c1-13-11-14(2)15(3)18(12-13)22-16(4)19(21)20-9-10-23-17-7-5-6-8-17/h11-12,16-17H,5-10H2,1-4H3,(H,20,21). The highest BCUT2D eigenvalue weighted by Crippen LogP contribution is 2.29. The second-order valence-electron chi connectivity index (χ2n) is 6.53. The van der Waals surface area contributed by atoms with Crippen LogP contribution in [0.3, 0.4) is 0 Å². The van der Waals surface area contributed by atoms with Gasteiger partial charge in [-0.2, -0.15) is 11.8 Å². The number of rotatable bonds is 7. The van der Waals surface area contributed by atoms with E-state index in [1.807, 2.05) is 38.6 Å². The molecule has 1 unspecified atom stereocenters. The Bertz CT molecular complexity index is 538. The molecule has 3 nitrogen and oxygen atoms in total. The van der Waals surface area contributed by atoms with Gasteiger partial charge in [0.15, 0.2) is 6.10 Å². The first-order valence-electron chi connectivity index (χ1n) is 8.61. The van der Waals surface area contributed by atoms with E-state index in [0.29, 0.717) is 0 Å². The molecule has 0 heterocycles. The van der Waals surface area contributed by atoms with Gasteiger partial charge in [0.1, 0.15) is 5.75 Å². The van der Waals surface area contributed by atoms with E-state index in [0.717, 1.165) is 34.4 Å². The number of carbonyl (C=O) groups excluding carboxylic acids is 1. The molecule has 0 spiro atoms. The number of hydrogen-bond acceptors (Lipinski definition) is 3. The molecule has 1 aromatic rings. The molecule has 1 aliphatic carbocycles. The van der Waals surface area contributed by atoms with E-state index in [9.17, 15) is 4.79 Å². The molecule has 4 heteroatoms. The minimum absolute atomic E-state index is 0.0319. The maximum absolute atomic E-state index is 12.2. The quantitative estimate of drug-likeness (QED) is 0.760. The van der Waals surface area contributed by atoms with Crippen molar-refractivity contribution in [1.82, 2.24) is 5.32 Å². The van der Waals surface area contributed by atoms with E-state index < -0.39 is 6.10 Å². The minimum Gasteiger partial charge on any atom is -0.481 e. The molecule has 0 aromatic heterocycles. The highest BCUT2D eigenvalue weighted by atomic mass is 32.2. The lowest BCUT2D eigenvalue weighted by molar-refractivity contribution is -0.127. The van der Waals surface area contributed by atoms with Gasteiger partial charge in [0, 0.05) is 17.5 Å². The minimum atomic E-state index is -0.466. The lowest BCUT2D eigenvalue weighted by Crippen LogP contribution is -2.37. The van der Waals surface area contributed by atoms with Crippen molar-refractivity contribution in [3.05, 3.63) is 28.8 Å². The number of carbonyl (C=O) groups is 1. The summed E-state index contributed by atoms with van der Waals surface area (Å²) in [6.07, 6.45) is 4.94. The number of thioether (sulfide) groups is 1. The van der Waals surface area contributed by atoms with Crippen LogP contribution in [0, 0.1) is 20.8 Å². The van der Waals surface area contributed by atoms with Gasteiger partial charge in [-0.3, -0.25) is 4.79 Å². The fraction of sp³-hybridized carbons (Fsp3) is 0.632. The van der Waals surface area contributed by atoms with Crippen LogP contribution in [0.25, 0.3) is 0 Å². The summed E-state index contributed by atoms with van der Waals surface area (Å²) in [4.78, 5) is 12.2. The third-order valence-electron chi connectivity index (χ3n) is 4.49. The van der Waals surface area contributed by atoms with Gasteiger partial charge in [0.05, 0.1) is 0 Å². The van der Waals surface area contributed by atoms with E-state index in [-0.39, 0.29) is 5.91 Å². The maximum atomic E-state index is 12.2. The predicted molar refractivity (Wildman–Crippen MR) is 98.5 cm³/mol. The van der Waals surface area contributed by atoms with Gasteiger partial charge in [-0.1, -0.05) is 18.9 Å². The van der Waals surface area contributed by atoms with Crippen molar-refractivity contribution >= 4 is 17.7 Å². The van der Waals surface area contributed by atoms with E-state index in [4.69, 9.17) is 4.74 Å². The molecule has 0 bridgehead atoms. The zero-order chi connectivity index (χ0) is 16.8. The fourth-order valence-electron chi connectivity index (χ4n) is 2.97. The van der Waals surface area contributed by atoms with E-state index in [1.165, 1.54) is 31.2 Å². The highest BCUT2D eigenvalue weighted by molar-refractivity contribution is 7.99. The Labute approximate surface area is 144 Å². The van der Waals surface area contributed by atoms with E-state index in [2.05, 4.69) is 18.3 Å². The second kappa shape index (κ2) is 8.62. The van der Waals surface area contributed by atoms with Crippen molar-refractivity contribution < 1.29 is 9.53 Å². The van der Waals surface area contributed by atoms with Crippen molar-refractivity contribution in [3.8, 4) is 5.75 Å². The molecule has 1 amide bonds. The molecule has 0 radical (unpaired) electrons. The summed E-state index contributed by atoms with van der Waals surface area (Å²) >= 11 is 1.99. The van der Waals surface area contributed by atoms with E-state index in [1.54, 1.807) is 0 Å². The molecular weight excluding hydrogens is 306 g/mol. The van der Waals surface area contributed by atoms with Crippen molar-refractivity contribution in [1.29, 1.82) is 0 Å². The first-order valence-corrected chi connectivity index (χ1v) is 9.66. The summed E-state index contributed by atoms with van der Waals surface area (Å²) in [6.45, 7) is 8.69. The van der Waals surface area contributed by atoms with Crippen molar-refractivity contribution in [2.24, 2.45) is 0 Å². The van der Waals surface area contributed by atoms with Crippen molar-refractivity contribution in [3.63, 3.8) is 0 Å². The molecule has 128 valence electrons. The molecule has 1 N–H and O–H groups in total. The Hall–Kier alpha value is -1.16. The van der Waals surface area contributed by atoms with Gasteiger partial charge < -0.3 is 10.1 Å². The Morgan fingerprint density at radius 2 is 2.00 bits per heavy atom. The highest BCUT2D eigenvalue weighted by Gasteiger charge is 2.17. The fourth-order valence-corrected chi connectivity index (χ4v) is 4.19. The van der Waals surface area contributed by atoms with Gasteiger partial charge in [-0.05, 0) is 63.3 Å². The van der Waals surface area contributed by atoms with Gasteiger partial charge in [-0.15, -0.1) is 0 Å². The molecule has 1 saturated carbocycles. The van der Waals surface area contributed by atoms with Crippen LogP contribution in [-0.2, 0) is 4.79 Å². The Balaban J connectivity index is 1.76. The summed E-state index contributed by atoms with van der Waals surface area (Å²) in [5.41, 5.74) is 3.45. The summed E-state index contributed by atoms with van der Waals surface area (Å²) in [7, 11) is 0. The van der Waals surface area contributed by atoms with Crippen LogP contribution in [0.4, 0.5) is 0 Å². The molecule has 0 saturated heterocycles. The zero-order valence-electron chi connectivity index (χ0n) is 14.8. The number of ether oxygens (including phenoxy) is 1. The smallest absolute Gasteiger partial charge is 0.260 e. The van der Waals surface area contributed by atoms with Crippen LogP contribution in [-0.4, -0.2) is 29.6 Å². The van der Waals surface area contributed by atoms with Gasteiger partial charge >= 0.3 is 0 Å². The van der Waals surface area contributed by atoms with Crippen LogP contribution in [0.5, 0.6) is 5.75 Å². The molecule has 0 aliphatic heterocycles. The topological polar surface area (TPSA) is 38.3 Å². The van der Waals surface area contributed by atoms with Crippen LogP contribution < -0.4 is 10.1 Å². The first-order chi connectivity index (χ1) is 11.0. The second-order valence-corrected chi connectivity index (χ2v) is 7.94. The van der Waals surface area contributed by atoms with Crippen molar-refractivity contribution in [2.45, 2.75) is 64.7 Å². The summed E-state index contributed by atoms with van der Waals surface area (Å²) in [5, 5.41) is 3.79. The lowest BCUT2D eigenvalue weighted by atomic mass is 10.1. The molecule has 2 rings (SSSR count). The summed E-state index contributed by atoms with van der Waals surface area (Å²) in [6, 6.07) is 4.13. The Morgan fingerprint density at radius 3 is 2.70 bits per heavy atom. The summed E-state index contributed by atoms with van der Waals surface area (Å²) in [5.74, 6) is 1.77. The molecule has 1 atom stereocenters. The normalized spacial score (nSPS) is 16.3. The number of nitrogens with one attached hydrogen (secondary N) is 1. The van der Waals surface area contributed by atoms with Crippen LogP contribution in [0.15, 0.2) is 12.1 Å². The third-order valence-corrected chi connectivity index (χ3v) is 5.88. The van der Waals surface area contributed by atoms with Crippen LogP contribution in [0.1, 0.15) is 49.3 Å². The van der Waals surface area contributed by atoms with Gasteiger partial charge in [-0.25, -0.2) is 0 Å². The molecular formula is C19H29NO2S. The van der Waals surface area contributed by atoms with Gasteiger partial charge in [0.25, 0.3) is 5.91 Å². The van der Waals surface area contributed by atoms with E-state index >= 15 is 0 Å². The first kappa shape index (κ1) is 18.2. The number of amides is 1. The largest absolute Gasteiger partial charge is 0.481 e. The molecule has 1 aliphatic rings. The number of aryl methyl sites for hydroxylation is 2. The van der Waals surface area contributed by atoms with Crippen LogP contribution in [0.2, 0.25) is 0 Å². The number of hydrogen-bond donors (Lipinski definition) is 1. The zero-order valence-corrected chi connectivity index (χ0v) is 15.6. The lowest BCUT2D eigenvalue weighted by Gasteiger charge is -2.18. The van der Waals surface area contributed by atoms with Crippen molar-refractivity contribution in [2.75, 3.05) is 12.3 Å². The van der Waals surface area contributed by atoms with Crippen LogP contribution >= 0.6 is 11.8 Å². The SMILES string of the molecule is Cc1cc(C)c(C)c(OC(C)C(=O)NCCSC2CCCC2)c1. The predicted octanol–water partition coefficient (Wildman–Crippen LogP) is 4.17. The Kier molecular flexibility index (Phi) is 6.82. The molecule has 23 heavy (non-hydrogen) atoms. The summed E-state index contributed by atoms with van der Waals surface area (Å²) < 4.78 is 5.88. The monoisotopic (exact) mass is 335 g/mol. The van der Waals surface area contributed by atoms with Gasteiger partial charge in [0.2, 0.25) is 0 Å². The average molecular weight is 336 g/mol. The average Bonchev–Trinajstić information content (AvgIpc) is 3.01.